The number of rotatable bonds is 6. The predicted octanol–water partition coefficient (Wildman–Crippen LogP) is 2.05. The second-order valence-electron chi connectivity index (χ2n) is 4.92. The highest BCUT2D eigenvalue weighted by molar-refractivity contribution is 7.91. The second kappa shape index (κ2) is 6.93. The van der Waals surface area contributed by atoms with E-state index in [0.29, 0.717) is 5.56 Å². The van der Waals surface area contributed by atoms with Crippen LogP contribution in [0.4, 0.5) is 0 Å². The molecule has 5 nitrogen and oxygen atoms in total. The predicted molar refractivity (Wildman–Crippen MR) is 87.5 cm³/mol. The van der Waals surface area contributed by atoms with Gasteiger partial charge in [0.05, 0.1) is 5.75 Å². The number of primary amides is 1. The molecule has 2 N–H and O–H groups in total. The van der Waals surface area contributed by atoms with E-state index >= 15 is 0 Å². The zero-order valence-corrected chi connectivity index (χ0v) is 13.5. The first kappa shape index (κ1) is 17.2. The first-order valence-electron chi connectivity index (χ1n) is 6.66. The lowest BCUT2D eigenvalue weighted by atomic mass is 10.1. The average molecular weight is 352 g/mol. The lowest BCUT2D eigenvalue weighted by Gasteiger charge is -2.17. The molecule has 0 saturated heterocycles. The van der Waals surface area contributed by atoms with Crippen LogP contribution in [0.15, 0.2) is 54.6 Å². The van der Waals surface area contributed by atoms with Gasteiger partial charge in [-0.3, -0.25) is 9.59 Å². The van der Waals surface area contributed by atoms with Crippen molar-refractivity contribution in [3.63, 3.8) is 0 Å². The molecule has 7 heteroatoms. The normalized spacial score (nSPS) is 12.6. The molecule has 0 unspecified atom stereocenters. The van der Waals surface area contributed by atoms with Crippen LogP contribution >= 0.6 is 11.6 Å². The summed E-state index contributed by atoms with van der Waals surface area (Å²) in [7, 11) is -4.03. The van der Waals surface area contributed by atoms with Crippen molar-refractivity contribution in [3.8, 4) is 0 Å². The van der Waals surface area contributed by atoms with Gasteiger partial charge in [0, 0.05) is 5.02 Å². The fourth-order valence-corrected chi connectivity index (χ4v) is 4.37. The topological polar surface area (TPSA) is 94.3 Å². The molecule has 1 atom stereocenters. The largest absolute Gasteiger partial charge is 0.363 e. The molecule has 0 heterocycles. The molecular formula is C16H14ClNO4S. The molecule has 0 bridgehead atoms. The first-order valence-corrected chi connectivity index (χ1v) is 8.76. The third-order valence-corrected chi connectivity index (χ3v) is 5.50. The minimum Gasteiger partial charge on any atom is -0.363 e. The number of hydrogen-bond donors (Lipinski definition) is 1. The molecule has 0 fully saturated rings. The molecule has 0 saturated carbocycles. The van der Waals surface area contributed by atoms with E-state index in [1.165, 1.54) is 12.1 Å². The third-order valence-electron chi connectivity index (χ3n) is 3.24. The SMILES string of the molecule is NC(=O)C(=O)[C@@H](c1ccccc1Cl)S(=O)(=O)Cc1ccccc1. The van der Waals surface area contributed by atoms with Gasteiger partial charge in [-0.2, -0.15) is 0 Å². The zero-order valence-electron chi connectivity index (χ0n) is 12.0. The number of ketones is 1. The summed E-state index contributed by atoms with van der Waals surface area (Å²) < 4.78 is 25.4. The minimum absolute atomic E-state index is 0.0499. The number of nitrogens with two attached hydrogens (primary N) is 1. The van der Waals surface area contributed by atoms with Gasteiger partial charge in [0.15, 0.2) is 15.1 Å². The number of carbonyl (C=O) groups is 2. The number of sulfone groups is 1. The van der Waals surface area contributed by atoms with Crippen LogP contribution in [-0.2, 0) is 25.2 Å². The van der Waals surface area contributed by atoms with Crippen LogP contribution in [0.5, 0.6) is 0 Å². The van der Waals surface area contributed by atoms with Gasteiger partial charge in [0.1, 0.15) is 0 Å². The van der Waals surface area contributed by atoms with Gasteiger partial charge in [0.2, 0.25) is 5.78 Å². The van der Waals surface area contributed by atoms with Gasteiger partial charge >= 0.3 is 0 Å². The number of halogens is 1. The Balaban J connectivity index is 2.51. The van der Waals surface area contributed by atoms with Crippen LogP contribution in [-0.4, -0.2) is 20.1 Å². The lowest BCUT2D eigenvalue weighted by Crippen LogP contribution is -2.34. The van der Waals surface area contributed by atoms with E-state index in [-0.39, 0.29) is 10.6 Å². The van der Waals surface area contributed by atoms with E-state index in [2.05, 4.69) is 0 Å². The first-order chi connectivity index (χ1) is 10.8. The van der Waals surface area contributed by atoms with Crippen molar-refractivity contribution in [2.45, 2.75) is 11.0 Å². The van der Waals surface area contributed by atoms with E-state index in [4.69, 9.17) is 17.3 Å². The van der Waals surface area contributed by atoms with Crippen molar-refractivity contribution in [2.24, 2.45) is 5.73 Å². The Morgan fingerprint density at radius 2 is 1.57 bits per heavy atom. The van der Waals surface area contributed by atoms with E-state index in [1.54, 1.807) is 42.5 Å². The van der Waals surface area contributed by atoms with E-state index in [1.807, 2.05) is 0 Å². The van der Waals surface area contributed by atoms with Crippen LogP contribution in [0.25, 0.3) is 0 Å². The molecule has 0 spiro atoms. The Morgan fingerprint density at radius 1 is 1.00 bits per heavy atom. The zero-order chi connectivity index (χ0) is 17.0. The maximum atomic E-state index is 12.7. The molecule has 0 radical (unpaired) electrons. The van der Waals surface area contributed by atoms with Gasteiger partial charge in [-0.15, -0.1) is 0 Å². The summed E-state index contributed by atoms with van der Waals surface area (Å²) in [6, 6.07) is 14.4. The summed E-state index contributed by atoms with van der Waals surface area (Å²) >= 11 is 6.01. The van der Waals surface area contributed by atoms with Gasteiger partial charge in [-0.05, 0) is 17.2 Å². The van der Waals surface area contributed by atoms with Gasteiger partial charge in [0.25, 0.3) is 5.91 Å². The molecule has 0 aliphatic carbocycles. The maximum Gasteiger partial charge on any atom is 0.286 e. The molecule has 120 valence electrons. The molecule has 23 heavy (non-hydrogen) atoms. The average Bonchev–Trinajstić information content (AvgIpc) is 2.49. The highest BCUT2D eigenvalue weighted by atomic mass is 35.5. The number of amides is 1. The number of benzene rings is 2. The fraction of sp³-hybridized carbons (Fsp3) is 0.125. The number of Topliss-reactive ketones (excluding diaryl/α,β-unsaturated/α-hetero) is 1. The van der Waals surface area contributed by atoms with Crippen LogP contribution < -0.4 is 5.73 Å². The van der Waals surface area contributed by atoms with Crippen LogP contribution in [0.1, 0.15) is 16.4 Å². The molecule has 1 amide bonds. The van der Waals surface area contributed by atoms with E-state index in [9.17, 15) is 18.0 Å². The van der Waals surface area contributed by atoms with E-state index < -0.39 is 32.5 Å². The van der Waals surface area contributed by atoms with Gasteiger partial charge in [-0.1, -0.05) is 60.1 Å². The van der Waals surface area contributed by atoms with E-state index in [0.717, 1.165) is 0 Å². The third kappa shape index (κ3) is 3.97. The quantitative estimate of drug-likeness (QED) is 0.806. The van der Waals surface area contributed by atoms with Gasteiger partial charge < -0.3 is 5.73 Å². The van der Waals surface area contributed by atoms with Crippen molar-refractivity contribution in [3.05, 3.63) is 70.7 Å². The summed E-state index contributed by atoms with van der Waals surface area (Å²) in [4.78, 5) is 23.4. The van der Waals surface area contributed by atoms with Gasteiger partial charge in [-0.25, -0.2) is 8.42 Å². The molecule has 0 aromatic heterocycles. The second-order valence-corrected chi connectivity index (χ2v) is 7.42. The molecule has 2 aromatic carbocycles. The van der Waals surface area contributed by atoms with Crippen molar-refractivity contribution in [1.82, 2.24) is 0 Å². The molecule has 2 rings (SSSR count). The Bertz CT molecular complexity index is 834. The van der Waals surface area contributed by atoms with Crippen molar-refractivity contribution in [1.29, 1.82) is 0 Å². The number of carbonyl (C=O) groups excluding carboxylic acids is 2. The highest BCUT2D eigenvalue weighted by Crippen LogP contribution is 2.31. The van der Waals surface area contributed by atoms with Crippen LogP contribution in [0.2, 0.25) is 5.02 Å². The summed E-state index contributed by atoms with van der Waals surface area (Å²) in [6.07, 6.45) is 0. The summed E-state index contributed by atoms with van der Waals surface area (Å²) in [5.74, 6) is -2.91. The van der Waals surface area contributed by atoms with Crippen molar-refractivity contribution in [2.75, 3.05) is 0 Å². The standard InChI is InChI=1S/C16H14ClNO4S/c17-13-9-5-4-8-12(13)15(14(19)16(18)20)23(21,22)10-11-6-2-1-3-7-11/h1-9,15H,10H2,(H2,18,20)/t15-/m1/s1. The smallest absolute Gasteiger partial charge is 0.286 e. The van der Waals surface area contributed by atoms with Crippen LogP contribution in [0, 0.1) is 0 Å². The minimum atomic E-state index is -4.03. The lowest BCUT2D eigenvalue weighted by molar-refractivity contribution is -0.135. The Kier molecular flexibility index (Phi) is 5.18. The number of hydrogen-bond acceptors (Lipinski definition) is 4. The maximum absolute atomic E-state index is 12.7. The summed E-state index contributed by atoms with van der Waals surface area (Å²) in [5, 5.41) is -1.63. The van der Waals surface area contributed by atoms with Crippen molar-refractivity contribution >= 4 is 33.1 Å². The molecule has 0 aliphatic heterocycles. The van der Waals surface area contributed by atoms with Crippen molar-refractivity contribution < 1.29 is 18.0 Å². The molecular weight excluding hydrogens is 338 g/mol. The Hall–Kier alpha value is -2.18. The Morgan fingerprint density at radius 3 is 2.13 bits per heavy atom. The summed E-state index contributed by atoms with van der Waals surface area (Å²) in [6.45, 7) is 0. The fourth-order valence-electron chi connectivity index (χ4n) is 2.20. The monoisotopic (exact) mass is 351 g/mol. The van der Waals surface area contributed by atoms with Crippen LogP contribution in [0.3, 0.4) is 0 Å². The molecule has 2 aromatic rings. The molecule has 0 aliphatic rings. The summed E-state index contributed by atoms with van der Waals surface area (Å²) in [5.41, 5.74) is 5.57. The highest BCUT2D eigenvalue weighted by Gasteiger charge is 2.38. The Labute approximate surface area is 139 Å².